The van der Waals surface area contributed by atoms with Gasteiger partial charge in [-0.2, -0.15) is 0 Å². The van der Waals surface area contributed by atoms with Crippen molar-refractivity contribution in [3.05, 3.63) is 23.9 Å². The zero-order chi connectivity index (χ0) is 14.3. The van der Waals surface area contributed by atoms with E-state index >= 15 is 0 Å². The molecule has 1 aromatic rings. The molecule has 2 N–H and O–H groups in total. The summed E-state index contributed by atoms with van der Waals surface area (Å²) in [5.41, 5.74) is 0.592. The summed E-state index contributed by atoms with van der Waals surface area (Å²) in [4.78, 5) is 18.1. The summed E-state index contributed by atoms with van der Waals surface area (Å²) in [6, 6.07) is 3.63. The zero-order valence-electron chi connectivity index (χ0n) is 12.2. The van der Waals surface area contributed by atoms with Gasteiger partial charge in [-0.1, -0.05) is 13.8 Å². The molecule has 0 aromatic carbocycles. The van der Waals surface area contributed by atoms with E-state index in [1.807, 2.05) is 25.1 Å². The maximum absolute atomic E-state index is 11.8. The molecule has 0 spiro atoms. The summed E-state index contributed by atoms with van der Waals surface area (Å²) in [5, 5.41) is 6.08. The van der Waals surface area contributed by atoms with Gasteiger partial charge in [0.1, 0.15) is 5.82 Å². The van der Waals surface area contributed by atoms with Gasteiger partial charge in [-0.05, 0) is 32.1 Å². The van der Waals surface area contributed by atoms with Crippen molar-refractivity contribution in [2.24, 2.45) is 5.92 Å². The van der Waals surface area contributed by atoms with Crippen molar-refractivity contribution in [1.82, 2.24) is 15.2 Å². The number of aromatic nitrogens is 1. The Hall–Kier alpha value is -1.62. The van der Waals surface area contributed by atoms with Crippen molar-refractivity contribution in [3.63, 3.8) is 0 Å². The fourth-order valence-corrected chi connectivity index (χ4v) is 1.44. The number of hydrogen-bond donors (Lipinski definition) is 2. The summed E-state index contributed by atoms with van der Waals surface area (Å²) in [6.45, 7) is 6.62. The normalized spacial score (nSPS) is 10.8. The van der Waals surface area contributed by atoms with Crippen LogP contribution in [0.1, 0.15) is 24.2 Å². The van der Waals surface area contributed by atoms with E-state index in [4.69, 9.17) is 0 Å². The van der Waals surface area contributed by atoms with Crippen LogP contribution in [0.25, 0.3) is 0 Å². The van der Waals surface area contributed by atoms with E-state index in [1.54, 1.807) is 12.3 Å². The molecule has 0 aliphatic carbocycles. The maximum atomic E-state index is 11.8. The standard InChI is InChI=1S/C14H24N4O/c1-11(2)9-16-13-6-5-12(10-17-13)14(19)15-7-8-18(3)4/h5-6,10-11H,7-9H2,1-4H3,(H,15,19)(H,16,17). The first-order valence-corrected chi connectivity index (χ1v) is 6.62. The molecule has 0 radical (unpaired) electrons. The van der Waals surface area contributed by atoms with Crippen LogP contribution in [0.4, 0.5) is 5.82 Å². The summed E-state index contributed by atoms with van der Waals surface area (Å²) >= 11 is 0. The minimum absolute atomic E-state index is 0.0789. The fraction of sp³-hybridized carbons (Fsp3) is 0.571. The Morgan fingerprint density at radius 3 is 2.63 bits per heavy atom. The highest BCUT2D eigenvalue weighted by Gasteiger charge is 2.05. The van der Waals surface area contributed by atoms with Gasteiger partial charge in [0, 0.05) is 25.8 Å². The van der Waals surface area contributed by atoms with Crippen LogP contribution in [0.5, 0.6) is 0 Å². The second-order valence-corrected chi connectivity index (χ2v) is 5.27. The Bertz CT molecular complexity index is 387. The summed E-state index contributed by atoms with van der Waals surface area (Å²) in [6.07, 6.45) is 1.60. The van der Waals surface area contributed by atoms with E-state index in [0.717, 1.165) is 18.9 Å². The van der Waals surface area contributed by atoms with Crippen molar-refractivity contribution in [1.29, 1.82) is 0 Å². The molecule has 1 amide bonds. The summed E-state index contributed by atoms with van der Waals surface area (Å²) in [5.74, 6) is 1.29. The summed E-state index contributed by atoms with van der Waals surface area (Å²) in [7, 11) is 3.95. The van der Waals surface area contributed by atoms with Gasteiger partial charge in [0.25, 0.3) is 5.91 Å². The molecule has 0 aliphatic heterocycles. The first-order valence-electron chi connectivity index (χ1n) is 6.62. The van der Waals surface area contributed by atoms with Gasteiger partial charge >= 0.3 is 0 Å². The largest absolute Gasteiger partial charge is 0.370 e. The maximum Gasteiger partial charge on any atom is 0.252 e. The fourth-order valence-electron chi connectivity index (χ4n) is 1.44. The molecule has 0 saturated heterocycles. The highest BCUT2D eigenvalue weighted by atomic mass is 16.1. The average molecular weight is 264 g/mol. The van der Waals surface area contributed by atoms with Crippen LogP contribution < -0.4 is 10.6 Å². The number of nitrogens with one attached hydrogen (secondary N) is 2. The van der Waals surface area contributed by atoms with Crippen molar-refractivity contribution in [2.45, 2.75) is 13.8 Å². The molecule has 5 nitrogen and oxygen atoms in total. The second-order valence-electron chi connectivity index (χ2n) is 5.27. The molecule has 1 aromatic heterocycles. The highest BCUT2D eigenvalue weighted by molar-refractivity contribution is 5.94. The predicted molar refractivity (Wildman–Crippen MR) is 78.5 cm³/mol. The number of pyridine rings is 1. The van der Waals surface area contributed by atoms with Crippen LogP contribution in [-0.2, 0) is 0 Å². The molecule has 106 valence electrons. The van der Waals surface area contributed by atoms with Crippen molar-refractivity contribution < 1.29 is 4.79 Å². The Kier molecular flexibility index (Phi) is 6.29. The van der Waals surface area contributed by atoms with Crippen LogP contribution in [0.15, 0.2) is 18.3 Å². The minimum Gasteiger partial charge on any atom is -0.370 e. The first kappa shape index (κ1) is 15.4. The molecule has 0 atom stereocenters. The molecular weight excluding hydrogens is 240 g/mol. The van der Waals surface area contributed by atoms with E-state index in [-0.39, 0.29) is 5.91 Å². The Morgan fingerprint density at radius 2 is 2.11 bits per heavy atom. The number of amides is 1. The highest BCUT2D eigenvalue weighted by Crippen LogP contribution is 2.06. The lowest BCUT2D eigenvalue weighted by molar-refractivity contribution is 0.0950. The van der Waals surface area contributed by atoms with Crippen molar-refractivity contribution in [3.8, 4) is 0 Å². The molecule has 0 aliphatic rings. The lowest BCUT2D eigenvalue weighted by Gasteiger charge is -2.11. The van der Waals surface area contributed by atoms with Gasteiger partial charge in [-0.3, -0.25) is 4.79 Å². The first-order chi connectivity index (χ1) is 8.99. The summed E-state index contributed by atoms with van der Waals surface area (Å²) < 4.78 is 0. The van der Waals surface area contributed by atoms with Gasteiger partial charge in [0.05, 0.1) is 5.56 Å². The van der Waals surface area contributed by atoms with Crippen molar-refractivity contribution in [2.75, 3.05) is 39.0 Å². The number of carbonyl (C=O) groups is 1. The molecular formula is C14H24N4O. The Morgan fingerprint density at radius 1 is 1.37 bits per heavy atom. The van der Waals surface area contributed by atoms with Gasteiger partial charge in [-0.25, -0.2) is 4.98 Å². The van der Waals surface area contributed by atoms with Crippen LogP contribution >= 0.6 is 0 Å². The molecule has 1 heterocycles. The topological polar surface area (TPSA) is 57.3 Å². The Balaban J connectivity index is 2.44. The molecule has 0 saturated carbocycles. The minimum atomic E-state index is -0.0789. The second kappa shape index (κ2) is 7.74. The smallest absolute Gasteiger partial charge is 0.252 e. The third kappa shape index (κ3) is 6.20. The van der Waals surface area contributed by atoms with Gasteiger partial charge < -0.3 is 15.5 Å². The number of likely N-dealkylation sites (N-methyl/N-ethyl adjacent to an activating group) is 1. The van der Waals surface area contributed by atoms with E-state index in [2.05, 4.69) is 29.5 Å². The van der Waals surface area contributed by atoms with Gasteiger partial charge in [0.15, 0.2) is 0 Å². The lowest BCUT2D eigenvalue weighted by atomic mass is 10.2. The van der Waals surface area contributed by atoms with Gasteiger partial charge in [-0.15, -0.1) is 0 Å². The van der Waals surface area contributed by atoms with Crippen LogP contribution in [0.3, 0.4) is 0 Å². The number of hydrogen-bond acceptors (Lipinski definition) is 4. The molecule has 0 unspecified atom stereocenters. The van der Waals surface area contributed by atoms with Crippen LogP contribution in [0.2, 0.25) is 0 Å². The average Bonchev–Trinajstić information content (AvgIpc) is 2.36. The predicted octanol–water partition coefficient (Wildman–Crippen LogP) is 1.44. The zero-order valence-corrected chi connectivity index (χ0v) is 12.2. The van der Waals surface area contributed by atoms with Gasteiger partial charge in [0.2, 0.25) is 0 Å². The quantitative estimate of drug-likeness (QED) is 0.782. The molecule has 0 fully saturated rings. The van der Waals surface area contributed by atoms with E-state index in [0.29, 0.717) is 18.0 Å². The third-order valence-electron chi connectivity index (χ3n) is 2.56. The van der Waals surface area contributed by atoms with E-state index < -0.39 is 0 Å². The Labute approximate surface area is 115 Å². The van der Waals surface area contributed by atoms with Crippen LogP contribution in [-0.4, -0.2) is 49.5 Å². The number of rotatable bonds is 7. The van der Waals surface area contributed by atoms with E-state index in [9.17, 15) is 4.79 Å². The molecule has 19 heavy (non-hydrogen) atoms. The molecule has 1 rings (SSSR count). The monoisotopic (exact) mass is 264 g/mol. The number of anilines is 1. The molecule has 5 heteroatoms. The SMILES string of the molecule is CC(C)CNc1ccc(C(=O)NCCN(C)C)cn1. The van der Waals surface area contributed by atoms with E-state index in [1.165, 1.54) is 0 Å². The number of nitrogens with zero attached hydrogens (tertiary/aromatic N) is 2. The molecule has 0 bridgehead atoms. The third-order valence-corrected chi connectivity index (χ3v) is 2.56. The lowest BCUT2D eigenvalue weighted by Crippen LogP contribution is -2.31. The van der Waals surface area contributed by atoms with Crippen molar-refractivity contribution >= 4 is 11.7 Å². The van der Waals surface area contributed by atoms with Crippen LogP contribution in [0, 0.1) is 5.92 Å². The number of carbonyl (C=O) groups excluding carboxylic acids is 1.